The summed E-state index contributed by atoms with van der Waals surface area (Å²) in [6.45, 7) is 0. The molecule has 2 heterocycles. The van der Waals surface area contributed by atoms with Crippen LogP contribution >= 0.6 is 23.4 Å². The van der Waals surface area contributed by atoms with Gasteiger partial charge in [-0.2, -0.15) is 0 Å². The predicted octanol–water partition coefficient (Wildman–Crippen LogP) is 2.10. The van der Waals surface area contributed by atoms with E-state index in [-0.39, 0.29) is 5.69 Å². The van der Waals surface area contributed by atoms with Crippen molar-refractivity contribution in [2.45, 2.75) is 10.9 Å². The lowest BCUT2D eigenvalue weighted by atomic mass is 10.2. The smallest absolute Gasteiger partial charge is 0.343 e. The Labute approximate surface area is 128 Å². The highest BCUT2D eigenvalue weighted by molar-refractivity contribution is 7.98. The van der Waals surface area contributed by atoms with Crippen LogP contribution in [0.3, 0.4) is 0 Å². The molecule has 3 rings (SSSR count). The molecular weight excluding hydrogens is 314 g/mol. The Morgan fingerprint density at radius 3 is 3.00 bits per heavy atom. The Bertz CT molecular complexity index is 825. The molecule has 0 aliphatic heterocycles. The molecule has 0 unspecified atom stereocenters. The van der Waals surface area contributed by atoms with Gasteiger partial charge in [-0.1, -0.05) is 29.4 Å². The van der Waals surface area contributed by atoms with Crippen LogP contribution in [-0.2, 0) is 12.8 Å². The van der Waals surface area contributed by atoms with Gasteiger partial charge in [0.25, 0.3) is 0 Å². The van der Waals surface area contributed by atoms with Gasteiger partial charge in [0, 0.05) is 17.6 Å². The highest BCUT2D eigenvalue weighted by Gasteiger charge is 2.11. The predicted molar refractivity (Wildman–Crippen MR) is 78.1 cm³/mol. The molecule has 3 aromatic rings. The molecule has 21 heavy (non-hydrogen) atoms. The average molecular weight is 324 g/mol. The molecule has 108 valence electrons. The summed E-state index contributed by atoms with van der Waals surface area (Å²) in [7, 11) is 1.64. The van der Waals surface area contributed by atoms with Gasteiger partial charge in [-0.3, -0.25) is 4.57 Å². The molecule has 0 saturated carbocycles. The molecule has 1 N–H and O–H groups in total. The molecule has 0 aliphatic rings. The maximum Gasteiger partial charge on any atom is 0.343 e. The minimum Gasteiger partial charge on any atom is -0.420 e. The van der Waals surface area contributed by atoms with Crippen LogP contribution in [0.15, 0.2) is 38.6 Å². The van der Waals surface area contributed by atoms with E-state index in [4.69, 9.17) is 16.0 Å². The van der Waals surface area contributed by atoms with E-state index in [2.05, 4.69) is 20.4 Å². The summed E-state index contributed by atoms with van der Waals surface area (Å²) in [5.74, 6) is 1.28. The van der Waals surface area contributed by atoms with Gasteiger partial charge < -0.3 is 4.42 Å². The minimum atomic E-state index is -0.261. The zero-order valence-electron chi connectivity index (χ0n) is 10.9. The molecule has 2 aromatic heterocycles. The van der Waals surface area contributed by atoms with Crippen molar-refractivity contribution < 1.29 is 4.42 Å². The van der Waals surface area contributed by atoms with Crippen LogP contribution in [0.25, 0.3) is 11.5 Å². The highest BCUT2D eigenvalue weighted by Crippen LogP contribution is 2.24. The first-order valence-electron chi connectivity index (χ1n) is 5.96. The fourth-order valence-electron chi connectivity index (χ4n) is 1.64. The van der Waals surface area contributed by atoms with Crippen LogP contribution in [0.4, 0.5) is 0 Å². The van der Waals surface area contributed by atoms with E-state index < -0.39 is 0 Å². The molecule has 7 nitrogen and oxygen atoms in total. The van der Waals surface area contributed by atoms with Gasteiger partial charge in [-0.15, -0.1) is 15.3 Å². The van der Waals surface area contributed by atoms with E-state index in [0.717, 1.165) is 5.56 Å². The fourth-order valence-corrected chi connectivity index (χ4v) is 2.58. The zero-order valence-corrected chi connectivity index (χ0v) is 12.5. The summed E-state index contributed by atoms with van der Waals surface area (Å²) in [6.07, 6.45) is 0. The van der Waals surface area contributed by atoms with Crippen LogP contribution in [0, 0.1) is 0 Å². The highest BCUT2D eigenvalue weighted by atomic mass is 35.5. The number of halogens is 1. The second-order valence-corrected chi connectivity index (χ2v) is 5.55. The second kappa shape index (κ2) is 5.74. The number of hydrogen-bond donors (Lipinski definition) is 1. The molecule has 0 spiro atoms. The topological polar surface area (TPSA) is 89.6 Å². The molecule has 0 aliphatic carbocycles. The lowest BCUT2D eigenvalue weighted by molar-refractivity contribution is 0.528. The van der Waals surface area contributed by atoms with Crippen molar-refractivity contribution in [2.24, 2.45) is 7.05 Å². The van der Waals surface area contributed by atoms with Crippen molar-refractivity contribution in [3.63, 3.8) is 0 Å². The molecule has 0 fully saturated rings. The van der Waals surface area contributed by atoms with Crippen LogP contribution in [0.5, 0.6) is 0 Å². The van der Waals surface area contributed by atoms with Crippen molar-refractivity contribution in [1.82, 2.24) is 25.0 Å². The summed E-state index contributed by atoms with van der Waals surface area (Å²) in [5, 5.41) is 15.4. The van der Waals surface area contributed by atoms with Crippen LogP contribution < -0.4 is 5.69 Å². The Kier molecular flexibility index (Phi) is 3.80. The number of H-pyrrole nitrogens is 1. The van der Waals surface area contributed by atoms with Gasteiger partial charge in [0.05, 0.1) is 5.75 Å². The molecule has 0 atom stereocenters. The van der Waals surface area contributed by atoms with Gasteiger partial charge in [0.2, 0.25) is 11.8 Å². The summed E-state index contributed by atoms with van der Waals surface area (Å²) in [6, 6.07) is 7.18. The normalized spacial score (nSPS) is 11.0. The van der Waals surface area contributed by atoms with Crippen LogP contribution in [-0.4, -0.2) is 25.0 Å². The van der Waals surface area contributed by atoms with Crippen molar-refractivity contribution in [3.05, 3.63) is 45.7 Å². The third-order valence-corrected chi connectivity index (χ3v) is 3.95. The Morgan fingerprint density at radius 2 is 2.29 bits per heavy atom. The van der Waals surface area contributed by atoms with Crippen molar-refractivity contribution in [1.29, 1.82) is 0 Å². The second-order valence-electron chi connectivity index (χ2n) is 4.17. The van der Waals surface area contributed by atoms with E-state index in [0.29, 0.717) is 27.7 Å². The largest absolute Gasteiger partial charge is 0.420 e. The molecular formula is C12H10ClN5O2S. The number of nitrogens with one attached hydrogen (secondary N) is 1. The fraction of sp³-hybridized carbons (Fsp3) is 0.167. The average Bonchev–Trinajstić information content (AvgIpc) is 3.06. The van der Waals surface area contributed by atoms with E-state index in [9.17, 15) is 4.79 Å². The maximum absolute atomic E-state index is 11.2. The number of aromatic nitrogens is 5. The Hall–Kier alpha value is -2.06. The van der Waals surface area contributed by atoms with Crippen LogP contribution in [0.1, 0.15) is 5.89 Å². The van der Waals surface area contributed by atoms with E-state index in [1.807, 2.05) is 12.1 Å². The van der Waals surface area contributed by atoms with Gasteiger partial charge in [0.15, 0.2) is 5.16 Å². The summed E-state index contributed by atoms with van der Waals surface area (Å²) in [5.41, 5.74) is 0.501. The van der Waals surface area contributed by atoms with Crippen molar-refractivity contribution in [2.75, 3.05) is 0 Å². The maximum atomic E-state index is 11.2. The lowest BCUT2D eigenvalue weighted by Crippen LogP contribution is -2.12. The number of thioether (sulfide) groups is 1. The lowest BCUT2D eigenvalue weighted by Gasteiger charge is -1.96. The van der Waals surface area contributed by atoms with Crippen LogP contribution in [0.2, 0.25) is 5.02 Å². The van der Waals surface area contributed by atoms with Gasteiger partial charge in [-0.25, -0.2) is 9.89 Å². The number of nitrogens with zero attached hydrogens (tertiary/aromatic N) is 4. The Balaban J connectivity index is 1.74. The first-order valence-corrected chi connectivity index (χ1v) is 7.32. The third-order valence-electron chi connectivity index (χ3n) is 2.70. The molecule has 9 heteroatoms. The number of benzene rings is 1. The molecule has 0 radical (unpaired) electrons. The summed E-state index contributed by atoms with van der Waals surface area (Å²) < 4.78 is 6.98. The summed E-state index contributed by atoms with van der Waals surface area (Å²) >= 11 is 7.26. The number of rotatable bonds is 4. The third kappa shape index (κ3) is 3.01. The van der Waals surface area contributed by atoms with Crippen molar-refractivity contribution in [3.8, 4) is 11.5 Å². The first-order chi connectivity index (χ1) is 10.1. The molecule has 0 amide bonds. The quantitative estimate of drug-likeness (QED) is 0.739. The van der Waals surface area contributed by atoms with Gasteiger partial charge in [0.1, 0.15) is 0 Å². The van der Waals surface area contributed by atoms with Gasteiger partial charge in [-0.05, 0) is 18.2 Å². The standard InChI is InChI=1S/C12H10ClN5O2S/c1-18-11(19)16-17-12(18)21-6-9-14-15-10(20-9)7-3-2-4-8(13)5-7/h2-5H,6H2,1H3,(H,16,19). The molecule has 0 saturated heterocycles. The molecule has 1 aromatic carbocycles. The number of aromatic amines is 1. The molecule has 0 bridgehead atoms. The minimum absolute atomic E-state index is 0.261. The Morgan fingerprint density at radius 1 is 1.43 bits per heavy atom. The number of hydrogen-bond acceptors (Lipinski definition) is 6. The van der Waals surface area contributed by atoms with E-state index >= 15 is 0 Å². The first kappa shape index (κ1) is 13.9. The van der Waals surface area contributed by atoms with E-state index in [1.165, 1.54) is 16.3 Å². The van der Waals surface area contributed by atoms with Gasteiger partial charge >= 0.3 is 5.69 Å². The van der Waals surface area contributed by atoms with Crippen molar-refractivity contribution >= 4 is 23.4 Å². The zero-order chi connectivity index (χ0) is 14.8. The summed E-state index contributed by atoms with van der Waals surface area (Å²) in [4.78, 5) is 11.2. The van der Waals surface area contributed by atoms with E-state index in [1.54, 1.807) is 19.2 Å². The SMILES string of the molecule is Cn1c(SCc2nnc(-c3cccc(Cl)c3)o2)n[nH]c1=O. The monoisotopic (exact) mass is 323 g/mol.